The van der Waals surface area contributed by atoms with Crippen LogP contribution in [0.25, 0.3) is 0 Å². The van der Waals surface area contributed by atoms with Crippen LogP contribution in [0.2, 0.25) is 0 Å². The molecule has 1 N–H and O–H groups in total. The molecule has 0 aliphatic carbocycles. The zero-order valence-electron chi connectivity index (χ0n) is 10.2. The van der Waals surface area contributed by atoms with Gasteiger partial charge in [-0.05, 0) is 43.7 Å². The maximum Gasteiger partial charge on any atom is 0.150 e. The quantitative estimate of drug-likeness (QED) is 0.901. The molecule has 0 amide bonds. The molecule has 0 heterocycles. The third-order valence-corrected chi connectivity index (χ3v) is 4.59. The number of rotatable bonds is 3. The van der Waals surface area contributed by atoms with Crippen molar-refractivity contribution in [3.63, 3.8) is 0 Å². The Kier molecular flexibility index (Phi) is 4.19. The monoisotopic (exact) mass is 323 g/mol. The molecule has 0 aliphatic rings. The predicted octanol–water partition coefficient (Wildman–Crippen LogP) is 4.20. The maximum atomic E-state index is 12.1. The third-order valence-electron chi connectivity index (χ3n) is 2.62. The molecule has 2 nitrogen and oxygen atoms in total. The lowest BCUT2D eigenvalue weighted by Crippen LogP contribution is -2.04. The SMILES string of the molecule is Cc1ccc(S(=O)Nc2ccc(C)c(Br)c2)cc1. The van der Waals surface area contributed by atoms with Gasteiger partial charge in [0.25, 0.3) is 0 Å². The summed E-state index contributed by atoms with van der Waals surface area (Å²) in [6.45, 7) is 4.03. The van der Waals surface area contributed by atoms with E-state index in [2.05, 4.69) is 20.7 Å². The first-order valence-electron chi connectivity index (χ1n) is 5.57. The molecule has 0 fully saturated rings. The average molecular weight is 324 g/mol. The van der Waals surface area contributed by atoms with Crippen molar-refractivity contribution in [3.8, 4) is 0 Å². The van der Waals surface area contributed by atoms with Crippen LogP contribution in [-0.4, -0.2) is 4.21 Å². The summed E-state index contributed by atoms with van der Waals surface area (Å²) in [5, 5.41) is 0. The summed E-state index contributed by atoms with van der Waals surface area (Å²) >= 11 is 3.46. The fraction of sp³-hybridized carbons (Fsp3) is 0.143. The van der Waals surface area contributed by atoms with E-state index in [0.717, 1.165) is 26.2 Å². The van der Waals surface area contributed by atoms with E-state index in [1.165, 1.54) is 0 Å². The first kappa shape index (κ1) is 13.3. The topological polar surface area (TPSA) is 29.1 Å². The number of hydrogen-bond acceptors (Lipinski definition) is 1. The van der Waals surface area contributed by atoms with Crippen LogP contribution >= 0.6 is 15.9 Å². The number of aryl methyl sites for hydroxylation is 2. The Hall–Kier alpha value is -1.13. The minimum atomic E-state index is -1.23. The first-order chi connectivity index (χ1) is 8.56. The van der Waals surface area contributed by atoms with Crippen molar-refractivity contribution in [2.24, 2.45) is 0 Å². The van der Waals surface area contributed by atoms with Crippen LogP contribution in [0.15, 0.2) is 51.8 Å². The molecule has 94 valence electrons. The molecule has 2 aromatic carbocycles. The van der Waals surface area contributed by atoms with Gasteiger partial charge in [-0.25, -0.2) is 4.21 Å². The van der Waals surface area contributed by atoms with Crippen LogP contribution < -0.4 is 4.72 Å². The fourth-order valence-electron chi connectivity index (χ4n) is 1.48. The van der Waals surface area contributed by atoms with Crippen LogP contribution in [0.4, 0.5) is 5.69 Å². The minimum absolute atomic E-state index is 0.775. The van der Waals surface area contributed by atoms with Crippen LogP contribution in [-0.2, 0) is 11.0 Å². The smallest absolute Gasteiger partial charge is 0.150 e. The molecule has 1 atom stereocenters. The molecule has 0 bridgehead atoms. The highest BCUT2D eigenvalue weighted by atomic mass is 79.9. The fourth-order valence-corrected chi connectivity index (χ4v) is 2.71. The van der Waals surface area contributed by atoms with Crippen molar-refractivity contribution in [2.45, 2.75) is 18.7 Å². The number of anilines is 1. The van der Waals surface area contributed by atoms with Crippen LogP contribution in [0.1, 0.15) is 11.1 Å². The Labute approximate surface area is 118 Å². The Bertz CT molecular complexity index is 581. The summed E-state index contributed by atoms with van der Waals surface area (Å²) in [4.78, 5) is 0.775. The van der Waals surface area contributed by atoms with E-state index in [-0.39, 0.29) is 0 Å². The normalized spacial score (nSPS) is 12.2. The molecule has 18 heavy (non-hydrogen) atoms. The van der Waals surface area contributed by atoms with Gasteiger partial charge in [0.15, 0.2) is 0 Å². The van der Waals surface area contributed by atoms with E-state index in [1.807, 2.05) is 56.3 Å². The summed E-state index contributed by atoms with van der Waals surface area (Å²) in [7, 11) is -1.23. The molecule has 0 radical (unpaired) electrons. The Morgan fingerprint density at radius 1 is 1.06 bits per heavy atom. The molecule has 0 spiro atoms. The van der Waals surface area contributed by atoms with Gasteiger partial charge in [-0.3, -0.25) is 0 Å². The highest BCUT2D eigenvalue weighted by Gasteiger charge is 2.04. The average Bonchev–Trinajstić information content (AvgIpc) is 2.34. The lowest BCUT2D eigenvalue weighted by Gasteiger charge is -2.08. The number of hydrogen-bond donors (Lipinski definition) is 1. The summed E-state index contributed by atoms with van der Waals surface area (Å²) < 4.78 is 16.1. The zero-order valence-corrected chi connectivity index (χ0v) is 12.6. The molecular weight excluding hydrogens is 310 g/mol. The van der Waals surface area contributed by atoms with Gasteiger partial charge in [0.1, 0.15) is 11.0 Å². The van der Waals surface area contributed by atoms with E-state index < -0.39 is 11.0 Å². The largest absolute Gasteiger partial charge is 0.301 e. The van der Waals surface area contributed by atoms with Gasteiger partial charge in [-0.1, -0.05) is 39.7 Å². The van der Waals surface area contributed by atoms with E-state index in [9.17, 15) is 4.21 Å². The molecule has 0 aliphatic heterocycles. The van der Waals surface area contributed by atoms with Crippen molar-refractivity contribution in [3.05, 3.63) is 58.1 Å². The Balaban J connectivity index is 2.16. The zero-order chi connectivity index (χ0) is 13.1. The van der Waals surface area contributed by atoms with Gasteiger partial charge in [-0.15, -0.1) is 0 Å². The van der Waals surface area contributed by atoms with Crippen LogP contribution in [0.5, 0.6) is 0 Å². The molecule has 4 heteroatoms. The third kappa shape index (κ3) is 3.21. The molecule has 1 unspecified atom stereocenters. The second-order valence-electron chi connectivity index (χ2n) is 4.15. The molecule has 0 saturated heterocycles. The van der Waals surface area contributed by atoms with E-state index in [1.54, 1.807) is 0 Å². The van der Waals surface area contributed by atoms with Crippen molar-refractivity contribution < 1.29 is 4.21 Å². The lowest BCUT2D eigenvalue weighted by molar-refractivity contribution is 0.686. The summed E-state index contributed by atoms with van der Waals surface area (Å²) in [6.07, 6.45) is 0. The van der Waals surface area contributed by atoms with Gasteiger partial charge in [0.2, 0.25) is 0 Å². The number of benzene rings is 2. The predicted molar refractivity (Wildman–Crippen MR) is 80.1 cm³/mol. The van der Waals surface area contributed by atoms with Crippen molar-refractivity contribution in [2.75, 3.05) is 4.72 Å². The molecule has 0 saturated carbocycles. The van der Waals surface area contributed by atoms with Gasteiger partial charge in [0.05, 0.1) is 4.90 Å². The van der Waals surface area contributed by atoms with E-state index >= 15 is 0 Å². The Morgan fingerprint density at radius 3 is 2.33 bits per heavy atom. The van der Waals surface area contributed by atoms with Crippen LogP contribution in [0, 0.1) is 13.8 Å². The Morgan fingerprint density at radius 2 is 1.72 bits per heavy atom. The molecular formula is C14H14BrNOS. The van der Waals surface area contributed by atoms with Gasteiger partial charge >= 0.3 is 0 Å². The second kappa shape index (κ2) is 5.67. The maximum absolute atomic E-state index is 12.1. The van der Waals surface area contributed by atoms with Crippen molar-refractivity contribution in [1.82, 2.24) is 0 Å². The summed E-state index contributed by atoms with van der Waals surface area (Å²) in [5.74, 6) is 0. The standard InChI is InChI=1S/C14H14BrNOS/c1-10-3-7-13(8-4-10)18(17)16-12-6-5-11(2)14(15)9-12/h3-9,16H,1-2H3. The van der Waals surface area contributed by atoms with E-state index in [4.69, 9.17) is 0 Å². The lowest BCUT2D eigenvalue weighted by atomic mass is 10.2. The molecule has 0 aromatic heterocycles. The van der Waals surface area contributed by atoms with Gasteiger partial charge < -0.3 is 4.72 Å². The minimum Gasteiger partial charge on any atom is -0.301 e. The summed E-state index contributed by atoms with van der Waals surface area (Å²) in [6, 6.07) is 13.5. The van der Waals surface area contributed by atoms with Gasteiger partial charge in [0, 0.05) is 10.2 Å². The van der Waals surface area contributed by atoms with Gasteiger partial charge in [-0.2, -0.15) is 0 Å². The van der Waals surface area contributed by atoms with Crippen molar-refractivity contribution in [1.29, 1.82) is 0 Å². The molecule has 2 rings (SSSR count). The molecule has 2 aromatic rings. The first-order valence-corrected chi connectivity index (χ1v) is 7.52. The summed E-state index contributed by atoms with van der Waals surface area (Å²) in [5.41, 5.74) is 3.15. The number of nitrogens with one attached hydrogen (secondary N) is 1. The van der Waals surface area contributed by atoms with Crippen molar-refractivity contribution >= 4 is 32.6 Å². The van der Waals surface area contributed by atoms with Crippen LogP contribution in [0.3, 0.4) is 0 Å². The number of halogens is 1. The second-order valence-corrected chi connectivity index (χ2v) is 6.22. The highest BCUT2D eigenvalue weighted by Crippen LogP contribution is 2.22. The highest BCUT2D eigenvalue weighted by molar-refractivity contribution is 9.10. The van der Waals surface area contributed by atoms with E-state index in [0.29, 0.717) is 0 Å².